The number of carbonyl (C=O) groups is 2. The molecule has 0 aliphatic carbocycles. The topological polar surface area (TPSA) is 55.4 Å². The van der Waals surface area contributed by atoms with E-state index in [1.165, 1.54) is 6.08 Å². The molecule has 2 aromatic carbocycles. The molecule has 0 fully saturated rings. The van der Waals surface area contributed by atoms with Gasteiger partial charge < -0.3 is 10.1 Å². The number of aryl methyl sites for hydroxylation is 1. The van der Waals surface area contributed by atoms with Gasteiger partial charge in [0, 0.05) is 16.8 Å². The van der Waals surface area contributed by atoms with E-state index in [1.54, 1.807) is 30.3 Å². The van der Waals surface area contributed by atoms with Crippen molar-refractivity contribution in [1.82, 2.24) is 0 Å². The van der Waals surface area contributed by atoms with Crippen LogP contribution in [0.5, 0.6) is 0 Å². The zero-order valence-electron chi connectivity index (χ0n) is 12.6. The van der Waals surface area contributed by atoms with Crippen molar-refractivity contribution in [2.24, 2.45) is 0 Å². The summed E-state index contributed by atoms with van der Waals surface area (Å²) >= 11 is 5.82. The van der Waals surface area contributed by atoms with Gasteiger partial charge in [-0.25, -0.2) is 4.79 Å². The van der Waals surface area contributed by atoms with Crippen molar-refractivity contribution in [3.05, 3.63) is 70.8 Å². The molecule has 1 N–H and O–H groups in total. The maximum atomic E-state index is 11.7. The average Bonchev–Trinajstić information content (AvgIpc) is 2.52. The van der Waals surface area contributed by atoms with Gasteiger partial charge in [-0.15, -0.1) is 0 Å². The Kier molecular flexibility index (Phi) is 5.94. The molecule has 0 spiro atoms. The molecular formula is C18H16ClNO3. The highest BCUT2D eigenvalue weighted by Crippen LogP contribution is 2.14. The van der Waals surface area contributed by atoms with E-state index in [0.717, 1.165) is 11.1 Å². The predicted molar refractivity (Wildman–Crippen MR) is 91.3 cm³/mol. The van der Waals surface area contributed by atoms with Crippen LogP contribution in [0.25, 0.3) is 6.08 Å². The second-order valence-electron chi connectivity index (χ2n) is 4.91. The molecule has 0 radical (unpaired) electrons. The van der Waals surface area contributed by atoms with Crippen LogP contribution in [0.1, 0.15) is 11.1 Å². The summed E-state index contributed by atoms with van der Waals surface area (Å²) < 4.78 is 4.88. The number of anilines is 1. The van der Waals surface area contributed by atoms with Gasteiger partial charge in [-0.1, -0.05) is 47.5 Å². The summed E-state index contributed by atoms with van der Waals surface area (Å²) in [5.41, 5.74) is 2.58. The quantitative estimate of drug-likeness (QED) is 0.669. The number of nitrogens with one attached hydrogen (secondary N) is 1. The van der Waals surface area contributed by atoms with Crippen LogP contribution in [0.4, 0.5) is 5.69 Å². The lowest BCUT2D eigenvalue weighted by atomic mass is 10.1. The first kappa shape index (κ1) is 16.8. The highest BCUT2D eigenvalue weighted by atomic mass is 35.5. The van der Waals surface area contributed by atoms with Crippen molar-refractivity contribution in [3.63, 3.8) is 0 Å². The Morgan fingerprint density at radius 2 is 1.91 bits per heavy atom. The van der Waals surface area contributed by atoms with Crippen LogP contribution in [0, 0.1) is 6.92 Å². The summed E-state index contributed by atoms with van der Waals surface area (Å²) in [5.74, 6) is -1.00. The molecule has 2 rings (SSSR count). The monoisotopic (exact) mass is 329 g/mol. The normalized spacial score (nSPS) is 10.5. The molecule has 0 saturated carbocycles. The first-order valence-electron chi connectivity index (χ1n) is 7.00. The van der Waals surface area contributed by atoms with Gasteiger partial charge in [0.1, 0.15) is 0 Å². The largest absolute Gasteiger partial charge is 0.452 e. The number of halogens is 1. The molecule has 0 heterocycles. The Hall–Kier alpha value is -2.59. The zero-order chi connectivity index (χ0) is 16.7. The molecule has 0 atom stereocenters. The Bertz CT molecular complexity index is 723. The Morgan fingerprint density at radius 3 is 2.61 bits per heavy atom. The standard InChI is InChI=1S/C18H16ClNO3/c1-13-5-7-14(8-6-13)9-10-18(22)23-12-17(21)20-16-4-2-3-15(19)11-16/h2-11H,12H2,1H3,(H,20,21). The first-order chi connectivity index (χ1) is 11.0. The molecule has 23 heavy (non-hydrogen) atoms. The maximum Gasteiger partial charge on any atom is 0.331 e. The van der Waals surface area contributed by atoms with E-state index in [9.17, 15) is 9.59 Å². The van der Waals surface area contributed by atoms with Crippen LogP contribution in [0.2, 0.25) is 5.02 Å². The SMILES string of the molecule is Cc1ccc(C=CC(=O)OCC(=O)Nc2cccc(Cl)c2)cc1. The number of amides is 1. The van der Waals surface area contributed by atoms with Crippen LogP contribution < -0.4 is 5.32 Å². The van der Waals surface area contributed by atoms with E-state index < -0.39 is 11.9 Å². The summed E-state index contributed by atoms with van der Waals surface area (Å²) in [7, 11) is 0. The maximum absolute atomic E-state index is 11.7. The average molecular weight is 330 g/mol. The van der Waals surface area contributed by atoms with Gasteiger partial charge in [-0.2, -0.15) is 0 Å². The van der Waals surface area contributed by atoms with E-state index in [1.807, 2.05) is 31.2 Å². The fourth-order valence-electron chi connectivity index (χ4n) is 1.79. The van der Waals surface area contributed by atoms with Crippen molar-refractivity contribution in [3.8, 4) is 0 Å². The van der Waals surface area contributed by atoms with Crippen LogP contribution in [-0.4, -0.2) is 18.5 Å². The summed E-state index contributed by atoms with van der Waals surface area (Å²) in [6.07, 6.45) is 2.92. The van der Waals surface area contributed by atoms with Gasteiger partial charge in [0.05, 0.1) is 0 Å². The van der Waals surface area contributed by atoms with Crippen molar-refractivity contribution in [1.29, 1.82) is 0 Å². The minimum Gasteiger partial charge on any atom is -0.452 e. The molecule has 2 aromatic rings. The van der Waals surface area contributed by atoms with E-state index >= 15 is 0 Å². The third-order valence-corrected chi connectivity index (χ3v) is 3.18. The third-order valence-electron chi connectivity index (χ3n) is 2.94. The number of hydrogen-bond donors (Lipinski definition) is 1. The second kappa shape index (κ2) is 8.15. The summed E-state index contributed by atoms with van der Waals surface area (Å²) in [6.45, 7) is 1.63. The smallest absolute Gasteiger partial charge is 0.331 e. The highest BCUT2D eigenvalue weighted by Gasteiger charge is 2.05. The zero-order valence-corrected chi connectivity index (χ0v) is 13.3. The molecule has 0 aliphatic heterocycles. The molecular weight excluding hydrogens is 314 g/mol. The highest BCUT2D eigenvalue weighted by molar-refractivity contribution is 6.30. The minimum atomic E-state index is -0.577. The summed E-state index contributed by atoms with van der Waals surface area (Å²) in [6, 6.07) is 14.4. The number of rotatable bonds is 5. The molecule has 1 amide bonds. The van der Waals surface area contributed by atoms with Crippen molar-refractivity contribution >= 4 is 35.2 Å². The number of esters is 1. The van der Waals surface area contributed by atoms with Gasteiger partial charge in [-0.3, -0.25) is 4.79 Å². The van der Waals surface area contributed by atoms with E-state index in [4.69, 9.17) is 16.3 Å². The molecule has 118 valence electrons. The van der Waals surface area contributed by atoms with Crippen molar-refractivity contribution in [2.75, 3.05) is 11.9 Å². The first-order valence-corrected chi connectivity index (χ1v) is 7.37. The van der Waals surface area contributed by atoms with E-state index in [0.29, 0.717) is 10.7 Å². The Balaban J connectivity index is 1.79. The van der Waals surface area contributed by atoms with Gasteiger partial charge >= 0.3 is 5.97 Å². The van der Waals surface area contributed by atoms with Crippen LogP contribution in [0.3, 0.4) is 0 Å². The molecule has 5 heteroatoms. The van der Waals surface area contributed by atoms with Gasteiger partial charge in [0.2, 0.25) is 0 Å². The fourth-order valence-corrected chi connectivity index (χ4v) is 1.98. The number of benzene rings is 2. The van der Waals surface area contributed by atoms with Gasteiger partial charge in [0.25, 0.3) is 5.91 Å². The summed E-state index contributed by atoms with van der Waals surface area (Å²) in [4.78, 5) is 23.3. The molecule has 0 bridgehead atoms. The number of hydrogen-bond acceptors (Lipinski definition) is 3. The third kappa shape index (κ3) is 5.96. The van der Waals surface area contributed by atoms with Crippen LogP contribution in [0.15, 0.2) is 54.6 Å². The lowest BCUT2D eigenvalue weighted by molar-refractivity contribution is -0.142. The van der Waals surface area contributed by atoms with Gasteiger partial charge in [-0.05, 0) is 36.8 Å². The molecule has 0 aliphatic rings. The molecule has 4 nitrogen and oxygen atoms in total. The predicted octanol–water partition coefficient (Wildman–Crippen LogP) is 3.84. The van der Waals surface area contributed by atoms with E-state index in [-0.39, 0.29) is 6.61 Å². The van der Waals surface area contributed by atoms with E-state index in [2.05, 4.69) is 5.32 Å². The lowest BCUT2D eigenvalue weighted by Gasteiger charge is -2.05. The molecule has 0 saturated heterocycles. The van der Waals surface area contributed by atoms with Crippen LogP contribution >= 0.6 is 11.6 Å². The Morgan fingerprint density at radius 1 is 1.17 bits per heavy atom. The van der Waals surface area contributed by atoms with Gasteiger partial charge in [0.15, 0.2) is 6.61 Å². The summed E-state index contributed by atoms with van der Waals surface area (Å²) in [5, 5.41) is 3.11. The molecule has 0 unspecified atom stereocenters. The number of carbonyl (C=O) groups excluding carboxylic acids is 2. The lowest BCUT2D eigenvalue weighted by Crippen LogP contribution is -2.20. The van der Waals surface area contributed by atoms with Crippen molar-refractivity contribution < 1.29 is 14.3 Å². The fraction of sp³-hybridized carbons (Fsp3) is 0.111. The van der Waals surface area contributed by atoms with Crippen LogP contribution in [-0.2, 0) is 14.3 Å². The van der Waals surface area contributed by atoms with Crippen molar-refractivity contribution in [2.45, 2.75) is 6.92 Å². The minimum absolute atomic E-state index is 0.358. The molecule has 0 aromatic heterocycles. The Labute approximate surface area is 139 Å². The second-order valence-corrected chi connectivity index (χ2v) is 5.35. The number of ether oxygens (including phenoxy) is 1.